The Labute approximate surface area is 161 Å². The minimum Gasteiger partial charge on any atom is -0.490 e. The van der Waals surface area contributed by atoms with E-state index >= 15 is 0 Å². The molecule has 7 heteroatoms. The molecule has 2 rings (SSSR count). The summed E-state index contributed by atoms with van der Waals surface area (Å²) in [4.78, 5) is 28.3. The van der Waals surface area contributed by atoms with E-state index in [-0.39, 0.29) is 24.5 Å². The van der Waals surface area contributed by atoms with Gasteiger partial charge in [-0.05, 0) is 51.3 Å². The second kappa shape index (κ2) is 10.2. The highest BCUT2D eigenvalue weighted by atomic mass is 16.5. The number of hydrogen-bond donors (Lipinski definition) is 1. The molecule has 7 nitrogen and oxygen atoms in total. The van der Waals surface area contributed by atoms with Gasteiger partial charge in [0.1, 0.15) is 0 Å². The average molecular weight is 377 g/mol. The summed E-state index contributed by atoms with van der Waals surface area (Å²) in [5.74, 6) is 0.774. The molecule has 1 fully saturated rings. The number of ether oxygens (including phenoxy) is 2. The van der Waals surface area contributed by atoms with Crippen molar-refractivity contribution in [3.8, 4) is 11.5 Å². The van der Waals surface area contributed by atoms with E-state index in [1.165, 1.54) is 6.42 Å². The Hall–Kier alpha value is -2.28. The first-order valence-electron chi connectivity index (χ1n) is 9.62. The van der Waals surface area contributed by atoms with E-state index in [9.17, 15) is 9.59 Å². The zero-order valence-electron chi connectivity index (χ0n) is 16.6. The predicted octanol–water partition coefficient (Wildman–Crippen LogP) is 1.90. The SMILES string of the molecule is CCOc1cc(C(=O)N(C)C(C)CN)ccc1OCC(=O)N1CCCCC1. The molecular formula is C20H31N3O4. The van der Waals surface area contributed by atoms with Crippen LogP contribution in [0.1, 0.15) is 43.5 Å². The Morgan fingerprint density at radius 2 is 1.89 bits per heavy atom. The van der Waals surface area contributed by atoms with Crippen LogP contribution < -0.4 is 15.2 Å². The van der Waals surface area contributed by atoms with Crippen LogP contribution in [0.15, 0.2) is 18.2 Å². The van der Waals surface area contributed by atoms with Crippen LogP contribution in [-0.2, 0) is 4.79 Å². The minimum atomic E-state index is -0.134. The van der Waals surface area contributed by atoms with Crippen LogP contribution in [0.25, 0.3) is 0 Å². The van der Waals surface area contributed by atoms with Gasteiger partial charge in [0.2, 0.25) is 0 Å². The maximum atomic E-state index is 12.6. The molecule has 2 amide bonds. The summed E-state index contributed by atoms with van der Waals surface area (Å²) >= 11 is 0. The van der Waals surface area contributed by atoms with E-state index in [4.69, 9.17) is 15.2 Å². The molecule has 0 aromatic heterocycles. The van der Waals surface area contributed by atoms with Crippen molar-refractivity contribution in [1.29, 1.82) is 0 Å². The fourth-order valence-corrected chi connectivity index (χ4v) is 2.96. The summed E-state index contributed by atoms with van der Waals surface area (Å²) in [6, 6.07) is 4.96. The van der Waals surface area contributed by atoms with Crippen molar-refractivity contribution in [2.24, 2.45) is 5.73 Å². The van der Waals surface area contributed by atoms with E-state index < -0.39 is 0 Å². The number of carbonyl (C=O) groups is 2. The first-order chi connectivity index (χ1) is 13.0. The van der Waals surface area contributed by atoms with Crippen LogP contribution in [0, 0.1) is 0 Å². The van der Waals surface area contributed by atoms with E-state index in [0.717, 1.165) is 25.9 Å². The molecule has 1 saturated heterocycles. The number of nitrogens with two attached hydrogens (primary N) is 1. The molecule has 1 aromatic carbocycles. The van der Waals surface area contributed by atoms with E-state index in [1.54, 1.807) is 30.1 Å². The Bertz CT molecular complexity index is 644. The monoisotopic (exact) mass is 377 g/mol. The zero-order chi connectivity index (χ0) is 19.8. The lowest BCUT2D eigenvalue weighted by atomic mass is 10.1. The average Bonchev–Trinajstić information content (AvgIpc) is 2.71. The Kier molecular flexibility index (Phi) is 7.91. The lowest BCUT2D eigenvalue weighted by Crippen LogP contribution is -2.39. The minimum absolute atomic E-state index is 0.0196. The van der Waals surface area contributed by atoms with Crippen LogP contribution in [-0.4, -0.2) is 67.6 Å². The van der Waals surface area contributed by atoms with Gasteiger partial charge in [0, 0.05) is 38.3 Å². The molecule has 150 valence electrons. The summed E-state index contributed by atoms with van der Waals surface area (Å²) in [5, 5.41) is 0. The van der Waals surface area contributed by atoms with E-state index in [1.807, 2.05) is 18.7 Å². The highest BCUT2D eigenvalue weighted by molar-refractivity contribution is 5.95. The molecule has 1 heterocycles. The van der Waals surface area contributed by atoms with Gasteiger partial charge in [-0.15, -0.1) is 0 Å². The standard InChI is InChI=1S/C20H31N3O4/c1-4-26-18-12-16(20(25)22(3)15(2)13-21)8-9-17(18)27-14-19(24)23-10-6-5-7-11-23/h8-9,12,15H,4-7,10-11,13-14,21H2,1-3H3. The van der Waals surface area contributed by atoms with Gasteiger partial charge in [0.25, 0.3) is 11.8 Å². The van der Waals surface area contributed by atoms with Crippen molar-refractivity contribution in [1.82, 2.24) is 9.80 Å². The second-order valence-corrected chi connectivity index (χ2v) is 6.83. The van der Waals surface area contributed by atoms with Crippen molar-refractivity contribution in [2.45, 2.75) is 39.2 Å². The molecule has 0 spiro atoms. The molecule has 1 unspecified atom stereocenters. The number of likely N-dealkylation sites (tertiary alicyclic amines) is 1. The lowest BCUT2D eigenvalue weighted by molar-refractivity contribution is -0.134. The van der Waals surface area contributed by atoms with Gasteiger partial charge in [0.05, 0.1) is 6.61 Å². The summed E-state index contributed by atoms with van der Waals surface area (Å²) in [5.41, 5.74) is 6.14. The number of piperidine rings is 1. The summed E-state index contributed by atoms with van der Waals surface area (Å²) in [6.45, 7) is 6.13. The van der Waals surface area contributed by atoms with Crippen molar-refractivity contribution in [3.05, 3.63) is 23.8 Å². The summed E-state index contributed by atoms with van der Waals surface area (Å²) in [7, 11) is 1.72. The van der Waals surface area contributed by atoms with Gasteiger partial charge >= 0.3 is 0 Å². The third-order valence-electron chi connectivity index (χ3n) is 4.87. The highest BCUT2D eigenvalue weighted by Gasteiger charge is 2.20. The number of hydrogen-bond acceptors (Lipinski definition) is 5. The number of rotatable bonds is 8. The molecule has 0 radical (unpaired) electrons. The number of carbonyl (C=O) groups excluding carboxylic acids is 2. The van der Waals surface area contributed by atoms with Crippen molar-refractivity contribution < 1.29 is 19.1 Å². The van der Waals surface area contributed by atoms with Gasteiger partial charge in [-0.2, -0.15) is 0 Å². The molecule has 0 aliphatic carbocycles. The van der Waals surface area contributed by atoms with Crippen molar-refractivity contribution in [2.75, 3.05) is 39.9 Å². The normalized spacial score (nSPS) is 15.2. The van der Waals surface area contributed by atoms with Gasteiger partial charge < -0.3 is 25.0 Å². The van der Waals surface area contributed by atoms with Crippen LogP contribution in [0.5, 0.6) is 11.5 Å². The third kappa shape index (κ3) is 5.60. The highest BCUT2D eigenvalue weighted by Crippen LogP contribution is 2.29. The fourth-order valence-electron chi connectivity index (χ4n) is 2.96. The molecule has 1 aliphatic rings. The molecule has 0 bridgehead atoms. The molecule has 1 atom stereocenters. The van der Waals surface area contributed by atoms with Crippen LogP contribution in [0.2, 0.25) is 0 Å². The first kappa shape index (κ1) is 21.0. The first-order valence-corrected chi connectivity index (χ1v) is 9.62. The van der Waals surface area contributed by atoms with Crippen LogP contribution >= 0.6 is 0 Å². The quantitative estimate of drug-likeness (QED) is 0.748. The van der Waals surface area contributed by atoms with Gasteiger partial charge in [-0.1, -0.05) is 0 Å². The molecule has 1 aromatic rings. The van der Waals surface area contributed by atoms with Gasteiger partial charge in [0.15, 0.2) is 18.1 Å². The maximum Gasteiger partial charge on any atom is 0.260 e. The van der Waals surface area contributed by atoms with Crippen molar-refractivity contribution >= 4 is 11.8 Å². The summed E-state index contributed by atoms with van der Waals surface area (Å²) < 4.78 is 11.3. The Morgan fingerprint density at radius 1 is 1.19 bits per heavy atom. The Morgan fingerprint density at radius 3 is 2.52 bits per heavy atom. The Balaban J connectivity index is 2.08. The van der Waals surface area contributed by atoms with Crippen LogP contribution in [0.4, 0.5) is 0 Å². The number of amides is 2. The predicted molar refractivity (Wildman–Crippen MR) is 104 cm³/mol. The van der Waals surface area contributed by atoms with E-state index in [0.29, 0.717) is 30.2 Å². The maximum absolute atomic E-state index is 12.6. The van der Waals surface area contributed by atoms with Crippen molar-refractivity contribution in [3.63, 3.8) is 0 Å². The zero-order valence-corrected chi connectivity index (χ0v) is 16.6. The second-order valence-electron chi connectivity index (χ2n) is 6.83. The number of likely N-dealkylation sites (N-methyl/N-ethyl adjacent to an activating group) is 1. The van der Waals surface area contributed by atoms with E-state index in [2.05, 4.69) is 0 Å². The fraction of sp³-hybridized carbons (Fsp3) is 0.600. The molecular weight excluding hydrogens is 346 g/mol. The summed E-state index contributed by atoms with van der Waals surface area (Å²) in [6.07, 6.45) is 3.26. The lowest BCUT2D eigenvalue weighted by Gasteiger charge is -2.27. The number of nitrogens with zero attached hydrogens (tertiary/aromatic N) is 2. The number of benzene rings is 1. The van der Waals surface area contributed by atoms with Crippen LogP contribution in [0.3, 0.4) is 0 Å². The molecule has 1 aliphatic heterocycles. The molecule has 2 N–H and O–H groups in total. The van der Waals surface area contributed by atoms with Gasteiger partial charge in [-0.25, -0.2) is 0 Å². The van der Waals surface area contributed by atoms with Gasteiger partial charge in [-0.3, -0.25) is 9.59 Å². The largest absolute Gasteiger partial charge is 0.490 e. The smallest absolute Gasteiger partial charge is 0.260 e. The third-order valence-corrected chi connectivity index (χ3v) is 4.87. The molecule has 27 heavy (non-hydrogen) atoms. The molecule has 0 saturated carbocycles. The topological polar surface area (TPSA) is 85.1 Å².